The molecule has 0 saturated carbocycles. The highest BCUT2D eigenvalue weighted by molar-refractivity contribution is 8.01. The number of hydrogen-bond donors (Lipinski definition) is 2. The molecule has 5 nitrogen and oxygen atoms in total. The van der Waals surface area contributed by atoms with Gasteiger partial charge in [0, 0.05) is 22.4 Å². The number of amides is 2. The fourth-order valence-electron chi connectivity index (χ4n) is 2.53. The van der Waals surface area contributed by atoms with E-state index in [9.17, 15) is 9.59 Å². The van der Waals surface area contributed by atoms with Crippen molar-refractivity contribution in [2.75, 3.05) is 17.7 Å². The van der Waals surface area contributed by atoms with Crippen molar-refractivity contribution in [1.82, 2.24) is 0 Å². The normalized spacial score (nSPS) is 16.0. The SMILES string of the molecule is COc1cc(Cl)c(C)cc1NC(=O)CC1Sc2ccccc2NC1=O. The fourth-order valence-corrected chi connectivity index (χ4v) is 3.79. The van der Waals surface area contributed by atoms with Gasteiger partial charge in [0.05, 0.1) is 23.7 Å². The van der Waals surface area contributed by atoms with Crippen molar-refractivity contribution < 1.29 is 14.3 Å². The Hall–Kier alpha value is -2.18. The smallest absolute Gasteiger partial charge is 0.238 e. The second kappa shape index (κ2) is 7.37. The Morgan fingerprint density at radius 1 is 1.36 bits per heavy atom. The minimum Gasteiger partial charge on any atom is -0.495 e. The van der Waals surface area contributed by atoms with Gasteiger partial charge in [-0.2, -0.15) is 0 Å². The van der Waals surface area contributed by atoms with Gasteiger partial charge in [0.2, 0.25) is 11.8 Å². The molecule has 25 heavy (non-hydrogen) atoms. The summed E-state index contributed by atoms with van der Waals surface area (Å²) in [6, 6.07) is 10.9. The molecule has 2 aromatic carbocycles. The molecule has 7 heteroatoms. The van der Waals surface area contributed by atoms with Crippen molar-refractivity contribution in [1.29, 1.82) is 0 Å². The van der Waals surface area contributed by atoms with E-state index in [1.165, 1.54) is 18.9 Å². The third-order valence-electron chi connectivity index (χ3n) is 3.83. The summed E-state index contributed by atoms with van der Waals surface area (Å²) >= 11 is 7.47. The molecule has 1 unspecified atom stereocenters. The number of thioether (sulfide) groups is 1. The summed E-state index contributed by atoms with van der Waals surface area (Å²) in [5, 5.41) is 5.73. The Bertz CT molecular complexity index is 841. The highest BCUT2D eigenvalue weighted by Crippen LogP contribution is 2.37. The summed E-state index contributed by atoms with van der Waals surface area (Å²) < 4.78 is 5.26. The first-order chi connectivity index (χ1) is 12.0. The molecule has 0 radical (unpaired) electrons. The van der Waals surface area contributed by atoms with Crippen molar-refractivity contribution in [3.05, 3.63) is 47.0 Å². The zero-order valence-corrected chi connectivity index (χ0v) is 15.3. The van der Waals surface area contributed by atoms with E-state index in [0.29, 0.717) is 16.5 Å². The first kappa shape index (κ1) is 17.6. The number of carbonyl (C=O) groups excluding carboxylic acids is 2. The molecule has 1 atom stereocenters. The first-order valence-electron chi connectivity index (χ1n) is 7.68. The van der Waals surface area contributed by atoms with E-state index in [0.717, 1.165) is 16.1 Å². The highest BCUT2D eigenvalue weighted by atomic mass is 35.5. The summed E-state index contributed by atoms with van der Waals surface area (Å²) in [5.41, 5.74) is 2.15. The molecule has 3 rings (SSSR count). The summed E-state index contributed by atoms with van der Waals surface area (Å²) in [7, 11) is 1.51. The minimum absolute atomic E-state index is 0.0651. The largest absolute Gasteiger partial charge is 0.495 e. The second-order valence-electron chi connectivity index (χ2n) is 5.65. The summed E-state index contributed by atoms with van der Waals surface area (Å²) in [5.74, 6) is 0.0557. The van der Waals surface area contributed by atoms with Crippen LogP contribution in [0.4, 0.5) is 11.4 Å². The Morgan fingerprint density at radius 2 is 2.12 bits per heavy atom. The van der Waals surface area contributed by atoms with Crippen LogP contribution in [0.25, 0.3) is 0 Å². The van der Waals surface area contributed by atoms with Crippen molar-refractivity contribution in [3.63, 3.8) is 0 Å². The van der Waals surface area contributed by atoms with Crippen LogP contribution in [0, 0.1) is 6.92 Å². The maximum Gasteiger partial charge on any atom is 0.238 e. The van der Waals surface area contributed by atoms with Crippen LogP contribution in [0.2, 0.25) is 5.02 Å². The Labute approximate surface area is 155 Å². The van der Waals surface area contributed by atoms with E-state index in [4.69, 9.17) is 16.3 Å². The molecule has 0 bridgehead atoms. The van der Waals surface area contributed by atoms with Gasteiger partial charge in [-0.1, -0.05) is 23.7 Å². The number of halogens is 1. The van der Waals surface area contributed by atoms with Gasteiger partial charge >= 0.3 is 0 Å². The average Bonchev–Trinajstić information content (AvgIpc) is 2.58. The van der Waals surface area contributed by atoms with Gasteiger partial charge < -0.3 is 15.4 Å². The van der Waals surface area contributed by atoms with Crippen molar-refractivity contribution in [2.45, 2.75) is 23.5 Å². The number of fused-ring (bicyclic) bond motifs is 1. The van der Waals surface area contributed by atoms with Crippen LogP contribution in [-0.4, -0.2) is 24.2 Å². The van der Waals surface area contributed by atoms with Crippen molar-refractivity contribution >= 4 is 46.6 Å². The van der Waals surface area contributed by atoms with E-state index in [1.54, 1.807) is 12.1 Å². The Balaban J connectivity index is 1.71. The molecule has 130 valence electrons. The van der Waals surface area contributed by atoms with Gasteiger partial charge in [0.25, 0.3) is 0 Å². The monoisotopic (exact) mass is 376 g/mol. The second-order valence-corrected chi connectivity index (χ2v) is 7.30. The van der Waals surface area contributed by atoms with Crippen molar-refractivity contribution in [2.24, 2.45) is 0 Å². The lowest BCUT2D eigenvalue weighted by Crippen LogP contribution is -2.32. The molecule has 2 N–H and O–H groups in total. The van der Waals surface area contributed by atoms with E-state index < -0.39 is 5.25 Å². The van der Waals surface area contributed by atoms with Gasteiger partial charge in [-0.05, 0) is 30.7 Å². The van der Waals surface area contributed by atoms with E-state index in [1.807, 2.05) is 31.2 Å². The predicted octanol–water partition coefficient (Wildman–Crippen LogP) is 4.10. The molecule has 1 aliphatic rings. The summed E-state index contributed by atoms with van der Waals surface area (Å²) in [4.78, 5) is 25.6. The lowest BCUT2D eigenvalue weighted by molar-refractivity contribution is -0.120. The molecule has 0 spiro atoms. The molecule has 1 aliphatic heterocycles. The van der Waals surface area contributed by atoms with Crippen molar-refractivity contribution in [3.8, 4) is 5.75 Å². The van der Waals surface area contributed by atoms with Crippen LogP contribution in [0.15, 0.2) is 41.3 Å². The van der Waals surface area contributed by atoms with Crippen LogP contribution in [0.5, 0.6) is 5.75 Å². The number of para-hydroxylation sites is 1. The van der Waals surface area contributed by atoms with E-state index >= 15 is 0 Å². The number of nitrogens with one attached hydrogen (secondary N) is 2. The number of hydrogen-bond acceptors (Lipinski definition) is 4. The zero-order valence-electron chi connectivity index (χ0n) is 13.8. The van der Waals surface area contributed by atoms with Crippen LogP contribution in [0.3, 0.4) is 0 Å². The Kier molecular flexibility index (Phi) is 5.20. The number of ether oxygens (including phenoxy) is 1. The molecule has 2 aromatic rings. The molecular weight excluding hydrogens is 360 g/mol. The molecule has 0 aliphatic carbocycles. The van der Waals surface area contributed by atoms with Gasteiger partial charge in [0.1, 0.15) is 5.75 Å². The van der Waals surface area contributed by atoms with E-state index in [2.05, 4.69) is 10.6 Å². The number of anilines is 2. The number of carbonyl (C=O) groups is 2. The number of methoxy groups -OCH3 is 1. The topological polar surface area (TPSA) is 67.4 Å². The highest BCUT2D eigenvalue weighted by Gasteiger charge is 2.29. The minimum atomic E-state index is -0.478. The standard InChI is InChI=1S/C18H17ClN2O3S/c1-10-7-13(14(24-2)8-11(10)19)20-17(22)9-16-18(23)21-12-5-3-4-6-15(12)25-16/h3-8,16H,9H2,1-2H3,(H,20,22)(H,21,23). The molecule has 0 aromatic heterocycles. The average molecular weight is 377 g/mol. The number of rotatable bonds is 4. The summed E-state index contributed by atoms with van der Waals surface area (Å²) in [6.45, 7) is 1.85. The molecule has 1 heterocycles. The number of benzene rings is 2. The lowest BCUT2D eigenvalue weighted by Gasteiger charge is -2.23. The third kappa shape index (κ3) is 3.91. The Morgan fingerprint density at radius 3 is 2.88 bits per heavy atom. The lowest BCUT2D eigenvalue weighted by atomic mass is 10.2. The van der Waals surface area contributed by atoms with Gasteiger partial charge in [-0.25, -0.2) is 0 Å². The third-order valence-corrected chi connectivity index (χ3v) is 5.51. The van der Waals surface area contributed by atoms with Crippen LogP contribution < -0.4 is 15.4 Å². The van der Waals surface area contributed by atoms with E-state index in [-0.39, 0.29) is 18.2 Å². The molecular formula is C18H17ClN2O3S. The van der Waals surface area contributed by atoms with Gasteiger partial charge in [-0.15, -0.1) is 11.8 Å². The first-order valence-corrected chi connectivity index (χ1v) is 8.94. The van der Waals surface area contributed by atoms with Crippen LogP contribution in [-0.2, 0) is 9.59 Å². The van der Waals surface area contributed by atoms with Crippen LogP contribution in [0.1, 0.15) is 12.0 Å². The predicted molar refractivity (Wildman–Crippen MR) is 101 cm³/mol. The number of aryl methyl sites for hydroxylation is 1. The maximum absolute atomic E-state index is 12.4. The van der Waals surface area contributed by atoms with Gasteiger partial charge in [0.15, 0.2) is 0 Å². The zero-order chi connectivity index (χ0) is 18.0. The van der Waals surface area contributed by atoms with Crippen LogP contribution >= 0.6 is 23.4 Å². The molecule has 0 saturated heterocycles. The summed E-state index contributed by atoms with van der Waals surface area (Å²) in [6.07, 6.45) is 0.0651. The fraction of sp³-hybridized carbons (Fsp3) is 0.222. The maximum atomic E-state index is 12.4. The molecule has 2 amide bonds. The quantitative estimate of drug-likeness (QED) is 0.843. The molecule has 0 fully saturated rings. The van der Waals surface area contributed by atoms with Gasteiger partial charge in [-0.3, -0.25) is 9.59 Å².